The van der Waals surface area contributed by atoms with Crippen molar-refractivity contribution in [2.24, 2.45) is 5.73 Å². The van der Waals surface area contributed by atoms with Gasteiger partial charge in [0.15, 0.2) is 0 Å². The van der Waals surface area contributed by atoms with Crippen molar-refractivity contribution in [2.45, 2.75) is 12.5 Å². The monoisotopic (exact) mass is 215 g/mol. The lowest BCUT2D eigenvalue weighted by Gasteiger charge is -2.10. The lowest BCUT2D eigenvalue weighted by atomic mass is 10.2. The first-order chi connectivity index (χ1) is 6.27. The minimum Gasteiger partial charge on any atom is -0.496 e. The second kappa shape index (κ2) is 3.70. The van der Waals surface area contributed by atoms with E-state index < -0.39 is 0 Å². The highest BCUT2D eigenvalue weighted by Crippen LogP contribution is 2.31. The second-order valence-corrected chi connectivity index (χ2v) is 4.61. The van der Waals surface area contributed by atoms with Gasteiger partial charge in [0, 0.05) is 11.3 Å². The molecule has 0 fully saturated rings. The van der Waals surface area contributed by atoms with Gasteiger partial charge in [-0.05, 0) is 18.2 Å². The van der Waals surface area contributed by atoms with Gasteiger partial charge in [0.05, 0.1) is 17.0 Å². The van der Waals surface area contributed by atoms with Crippen molar-refractivity contribution in [2.75, 3.05) is 6.61 Å². The Morgan fingerprint density at radius 2 is 2.38 bits per heavy atom. The van der Waals surface area contributed by atoms with Gasteiger partial charge in [-0.25, -0.2) is 0 Å². The molecule has 2 nitrogen and oxygen atoms in total. The van der Waals surface area contributed by atoms with Gasteiger partial charge in [-0.2, -0.15) is 0 Å². The number of nitrogens with two attached hydrogens (primary N) is 1. The van der Waals surface area contributed by atoms with E-state index in [1.807, 2.05) is 18.2 Å². The molecule has 0 aliphatic carbocycles. The van der Waals surface area contributed by atoms with Crippen molar-refractivity contribution in [1.82, 2.24) is 0 Å². The van der Waals surface area contributed by atoms with Crippen LogP contribution in [0.25, 0.3) is 0 Å². The van der Waals surface area contributed by atoms with Crippen LogP contribution in [0.15, 0.2) is 24.0 Å². The first-order valence-corrected chi connectivity index (χ1v) is 5.30. The zero-order chi connectivity index (χ0) is 9.26. The van der Waals surface area contributed by atoms with Crippen LogP contribution >= 0.6 is 22.9 Å². The van der Waals surface area contributed by atoms with Crippen LogP contribution in [0.5, 0.6) is 0 Å². The summed E-state index contributed by atoms with van der Waals surface area (Å²) < 4.78 is 6.15. The predicted octanol–water partition coefficient (Wildman–Crippen LogP) is 2.71. The summed E-state index contributed by atoms with van der Waals surface area (Å²) in [5.74, 6) is 0.874. The summed E-state index contributed by atoms with van der Waals surface area (Å²) in [6.07, 6.45) is 3.00. The van der Waals surface area contributed by atoms with Crippen LogP contribution in [-0.2, 0) is 4.74 Å². The Bertz CT molecular complexity index is 334. The van der Waals surface area contributed by atoms with Crippen molar-refractivity contribution in [3.63, 3.8) is 0 Å². The van der Waals surface area contributed by atoms with E-state index in [9.17, 15) is 0 Å². The fourth-order valence-electron chi connectivity index (χ4n) is 1.29. The maximum Gasteiger partial charge on any atom is 0.114 e. The molecule has 1 aliphatic heterocycles. The molecule has 2 rings (SSSR count). The van der Waals surface area contributed by atoms with E-state index in [4.69, 9.17) is 22.1 Å². The summed E-state index contributed by atoms with van der Waals surface area (Å²) in [5.41, 5.74) is 5.97. The van der Waals surface area contributed by atoms with E-state index in [2.05, 4.69) is 0 Å². The van der Waals surface area contributed by atoms with Crippen molar-refractivity contribution in [1.29, 1.82) is 0 Å². The molecule has 1 aromatic rings. The Kier molecular flexibility index (Phi) is 2.58. The van der Waals surface area contributed by atoms with E-state index in [1.54, 1.807) is 0 Å². The second-order valence-electron chi connectivity index (χ2n) is 2.86. The van der Waals surface area contributed by atoms with Crippen molar-refractivity contribution in [3.8, 4) is 0 Å². The number of halogens is 1. The topological polar surface area (TPSA) is 35.2 Å². The molecule has 70 valence electrons. The summed E-state index contributed by atoms with van der Waals surface area (Å²) in [4.78, 5) is 1.05. The standard InChI is InChI=1S/C9H10ClNOS/c10-8-4-3-7(13-8)9(11)6-2-1-5-12-6/h2-4,9H,1,5,11H2. The van der Waals surface area contributed by atoms with Gasteiger partial charge in [0.1, 0.15) is 5.76 Å². The van der Waals surface area contributed by atoms with Crippen LogP contribution in [0, 0.1) is 0 Å². The fraction of sp³-hybridized carbons (Fsp3) is 0.333. The third kappa shape index (κ3) is 1.88. The molecule has 0 saturated heterocycles. The first-order valence-electron chi connectivity index (χ1n) is 4.11. The van der Waals surface area contributed by atoms with Gasteiger partial charge in [-0.1, -0.05) is 11.6 Å². The molecule has 0 spiro atoms. The van der Waals surface area contributed by atoms with Crippen molar-refractivity contribution < 1.29 is 4.74 Å². The molecule has 1 aliphatic rings. The molecular weight excluding hydrogens is 206 g/mol. The quantitative estimate of drug-likeness (QED) is 0.824. The lowest BCUT2D eigenvalue weighted by molar-refractivity contribution is 0.226. The number of hydrogen-bond donors (Lipinski definition) is 1. The van der Waals surface area contributed by atoms with E-state index in [1.165, 1.54) is 11.3 Å². The molecule has 0 aromatic carbocycles. The summed E-state index contributed by atoms with van der Waals surface area (Å²) in [6.45, 7) is 0.752. The van der Waals surface area contributed by atoms with E-state index in [0.717, 1.165) is 28.0 Å². The number of hydrogen-bond acceptors (Lipinski definition) is 3. The van der Waals surface area contributed by atoms with Crippen LogP contribution in [0.3, 0.4) is 0 Å². The maximum atomic E-state index is 5.97. The minimum absolute atomic E-state index is 0.139. The lowest BCUT2D eigenvalue weighted by Crippen LogP contribution is -2.11. The van der Waals surface area contributed by atoms with Gasteiger partial charge in [-0.3, -0.25) is 0 Å². The van der Waals surface area contributed by atoms with E-state index >= 15 is 0 Å². The SMILES string of the molecule is NC(C1=CCCO1)c1ccc(Cl)s1. The Morgan fingerprint density at radius 3 is 2.92 bits per heavy atom. The molecular formula is C9H10ClNOS. The van der Waals surface area contributed by atoms with Crippen LogP contribution in [-0.4, -0.2) is 6.61 Å². The Hall–Kier alpha value is -0.510. The number of thiophene rings is 1. The van der Waals surface area contributed by atoms with E-state index in [0.29, 0.717) is 0 Å². The normalized spacial score (nSPS) is 18.2. The summed E-state index contributed by atoms with van der Waals surface area (Å²) in [7, 11) is 0. The predicted molar refractivity (Wildman–Crippen MR) is 54.9 cm³/mol. The first kappa shape index (κ1) is 9.06. The highest BCUT2D eigenvalue weighted by atomic mass is 35.5. The molecule has 2 heterocycles. The Morgan fingerprint density at radius 1 is 1.54 bits per heavy atom. The van der Waals surface area contributed by atoms with Gasteiger partial charge >= 0.3 is 0 Å². The largest absolute Gasteiger partial charge is 0.496 e. The Balaban J connectivity index is 2.16. The molecule has 2 N–H and O–H groups in total. The molecule has 4 heteroatoms. The third-order valence-corrected chi connectivity index (χ3v) is 3.25. The van der Waals surface area contributed by atoms with Gasteiger partial charge in [-0.15, -0.1) is 11.3 Å². The van der Waals surface area contributed by atoms with Gasteiger partial charge < -0.3 is 10.5 Å². The van der Waals surface area contributed by atoms with Crippen LogP contribution in [0.2, 0.25) is 4.34 Å². The average Bonchev–Trinajstić information content (AvgIpc) is 2.72. The molecule has 13 heavy (non-hydrogen) atoms. The Labute approximate surface area is 86.0 Å². The van der Waals surface area contributed by atoms with Crippen molar-refractivity contribution >= 4 is 22.9 Å². The zero-order valence-corrected chi connectivity index (χ0v) is 8.57. The molecule has 1 atom stereocenters. The molecule has 0 amide bonds. The van der Waals surface area contributed by atoms with E-state index in [-0.39, 0.29) is 6.04 Å². The summed E-state index contributed by atoms with van der Waals surface area (Å²) >= 11 is 7.32. The molecule has 0 saturated carbocycles. The summed E-state index contributed by atoms with van der Waals surface area (Å²) in [5, 5.41) is 0. The minimum atomic E-state index is -0.139. The molecule has 1 unspecified atom stereocenters. The third-order valence-electron chi connectivity index (χ3n) is 1.94. The average molecular weight is 216 g/mol. The summed E-state index contributed by atoms with van der Waals surface area (Å²) in [6, 6.07) is 3.66. The molecule has 0 radical (unpaired) electrons. The van der Waals surface area contributed by atoms with Crippen molar-refractivity contribution in [3.05, 3.63) is 33.2 Å². The van der Waals surface area contributed by atoms with Crippen LogP contribution in [0.4, 0.5) is 0 Å². The zero-order valence-electron chi connectivity index (χ0n) is 7.00. The maximum absolute atomic E-state index is 5.97. The number of rotatable bonds is 2. The van der Waals surface area contributed by atoms with Gasteiger partial charge in [0.25, 0.3) is 0 Å². The van der Waals surface area contributed by atoms with Crippen LogP contribution in [0.1, 0.15) is 17.3 Å². The highest BCUT2D eigenvalue weighted by Gasteiger charge is 2.17. The van der Waals surface area contributed by atoms with Crippen LogP contribution < -0.4 is 5.73 Å². The molecule has 1 aromatic heterocycles. The number of ether oxygens (including phenoxy) is 1. The highest BCUT2D eigenvalue weighted by molar-refractivity contribution is 7.16. The van der Waals surface area contributed by atoms with Gasteiger partial charge in [0.2, 0.25) is 0 Å². The smallest absolute Gasteiger partial charge is 0.114 e. The fourth-order valence-corrected chi connectivity index (χ4v) is 2.36. The molecule has 0 bridgehead atoms.